The van der Waals surface area contributed by atoms with Crippen LogP contribution in [0.2, 0.25) is 0 Å². The Kier molecular flexibility index (Phi) is 3.54. The topological polar surface area (TPSA) is 66.7 Å². The summed E-state index contributed by atoms with van der Waals surface area (Å²) in [6.07, 6.45) is 5.23. The number of rotatable bonds is 3. The standard InChI is InChI=1S/C13H16N4O2S/c1-16-4-2-3-9(16)7-14-11(18)10-8-15-13-17(12(10)19)5-6-20-13/h5-6,8-9H,2-4,7H2,1H3,(H,14,18)/t9-/m0/s1. The molecule has 3 heterocycles. The largest absolute Gasteiger partial charge is 0.350 e. The molecule has 0 unspecified atom stereocenters. The number of hydrogen-bond acceptors (Lipinski definition) is 5. The molecule has 0 bridgehead atoms. The van der Waals surface area contributed by atoms with Crippen LogP contribution in [0.15, 0.2) is 22.6 Å². The Hall–Kier alpha value is -1.73. The number of likely N-dealkylation sites (tertiary alicyclic amines) is 1. The van der Waals surface area contributed by atoms with E-state index in [1.54, 1.807) is 11.6 Å². The number of hydrogen-bond donors (Lipinski definition) is 1. The predicted molar refractivity (Wildman–Crippen MR) is 77.3 cm³/mol. The van der Waals surface area contributed by atoms with E-state index in [4.69, 9.17) is 0 Å². The van der Waals surface area contributed by atoms with Crippen molar-refractivity contribution in [3.63, 3.8) is 0 Å². The maximum Gasteiger partial charge on any atom is 0.271 e. The number of nitrogens with zero attached hydrogens (tertiary/aromatic N) is 3. The molecule has 3 rings (SSSR count). The fourth-order valence-corrected chi connectivity index (χ4v) is 3.20. The molecule has 0 spiro atoms. The zero-order chi connectivity index (χ0) is 14.1. The van der Waals surface area contributed by atoms with Crippen LogP contribution in [0.1, 0.15) is 23.2 Å². The Morgan fingerprint density at radius 3 is 3.20 bits per heavy atom. The molecule has 7 heteroatoms. The van der Waals surface area contributed by atoms with Crippen molar-refractivity contribution >= 4 is 22.2 Å². The van der Waals surface area contributed by atoms with Crippen LogP contribution in [0.5, 0.6) is 0 Å². The average molecular weight is 292 g/mol. The molecule has 0 aromatic carbocycles. The van der Waals surface area contributed by atoms with E-state index in [9.17, 15) is 9.59 Å². The third-order valence-electron chi connectivity index (χ3n) is 3.76. The molecule has 2 aromatic heterocycles. The van der Waals surface area contributed by atoms with Gasteiger partial charge in [-0.3, -0.25) is 14.0 Å². The number of fused-ring (bicyclic) bond motifs is 1. The Balaban J connectivity index is 1.75. The smallest absolute Gasteiger partial charge is 0.271 e. The van der Waals surface area contributed by atoms with Crippen LogP contribution < -0.4 is 10.9 Å². The van der Waals surface area contributed by atoms with E-state index < -0.39 is 0 Å². The van der Waals surface area contributed by atoms with Gasteiger partial charge in [-0.15, -0.1) is 11.3 Å². The minimum atomic E-state index is -0.344. The molecule has 0 saturated carbocycles. The third kappa shape index (κ3) is 2.34. The van der Waals surface area contributed by atoms with Crippen LogP contribution in [0.3, 0.4) is 0 Å². The van der Waals surface area contributed by atoms with E-state index in [-0.39, 0.29) is 17.0 Å². The van der Waals surface area contributed by atoms with Crippen molar-refractivity contribution in [2.75, 3.05) is 20.1 Å². The van der Waals surface area contributed by atoms with Crippen LogP contribution in [-0.2, 0) is 0 Å². The lowest BCUT2D eigenvalue weighted by Crippen LogP contribution is -2.40. The highest BCUT2D eigenvalue weighted by atomic mass is 32.1. The van der Waals surface area contributed by atoms with Crippen molar-refractivity contribution < 1.29 is 4.79 Å². The van der Waals surface area contributed by atoms with Gasteiger partial charge in [-0.25, -0.2) is 4.98 Å². The molecule has 1 saturated heterocycles. The van der Waals surface area contributed by atoms with E-state index >= 15 is 0 Å². The Bertz CT molecular complexity index is 693. The van der Waals surface area contributed by atoms with Crippen LogP contribution in [-0.4, -0.2) is 46.4 Å². The average Bonchev–Trinajstić information content (AvgIpc) is 3.05. The Morgan fingerprint density at radius 2 is 2.45 bits per heavy atom. The minimum Gasteiger partial charge on any atom is -0.350 e. The highest BCUT2D eigenvalue weighted by Gasteiger charge is 2.22. The van der Waals surface area contributed by atoms with Crippen molar-refractivity contribution in [3.8, 4) is 0 Å². The van der Waals surface area contributed by atoms with Crippen molar-refractivity contribution in [2.45, 2.75) is 18.9 Å². The zero-order valence-corrected chi connectivity index (χ0v) is 12.0. The van der Waals surface area contributed by atoms with Crippen LogP contribution >= 0.6 is 11.3 Å². The molecule has 1 aliphatic heterocycles. The van der Waals surface area contributed by atoms with Crippen LogP contribution in [0.25, 0.3) is 4.96 Å². The van der Waals surface area contributed by atoms with E-state index in [2.05, 4.69) is 22.2 Å². The summed E-state index contributed by atoms with van der Waals surface area (Å²) in [6.45, 7) is 1.63. The van der Waals surface area contributed by atoms with Crippen LogP contribution in [0.4, 0.5) is 0 Å². The first kappa shape index (κ1) is 13.3. The first-order chi connectivity index (χ1) is 9.66. The lowest BCUT2D eigenvalue weighted by atomic mass is 10.2. The van der Waals surface area contributed by atoms with Gasteiger partial charge in [0.1, 0.15) is 5.56 Å². The van der Waals surface area contributed by atoms with Crippen molar-refractivity contribution in [2.24, 2.45) is 0 Å². The maximum absolute atomic E-state index is 12.1. The molecule has 1 fully saturated rings. The molecule has 1 atom stereocenters. The lowest BCUT2D eigenvalue weighted by Gasteiger charge is -2.19. The summed E-state index contributed by atoms with van der Waals surface area (Å²) in [5.74, 6) is -0.344. The maximum atomic E-state index is 12.1. The highest BCUT2D eigenvalue weighted by molar-refractivity contribution is 7.15. The number of aromatic nitrogens is 2. The molecular formula is C13H16N4O2S. The first-order valence-corrected chi connectivity index (χ1v) is 7.48. The number of amides is 1. The van der Waals surface area contributed by atoms with Gasteiger partial charge >= 0.3 is 0 Å². The molecule has 106 valence electrons. The number of nitrogens with one attached hydrogen (secondary N) is 1. The Labute approximate surface area is 120 Å². The predicted octanol–water partition coefficient (Wildman–Crippen LogP) is 0.580. The van der Waals surface area contributed by atoms with Gasteiger partial charge in [0.2, 0.25) is 0 Å². The summed E-state index contributed by atoms with van der Waals surface area (Å²) < 4.78 is 1.40. The SMILES string of the molecule is CN1CCC[C@H]1CNC(=O)c1cnc2sccn2c1=O. The summed E-state index contributed by atoms with van der Waals surface area (Å²) >= 11 is 1.37. The molecular weight excluding hydrogens is 276 g/mol. The highest BCUT2D eigenvalue weighted by Crippen LogP contribution is 2.13. The van der Waals surface area contributed by atoms with Gasteiger partial charge in [-0.2, -0.15) is 0 Å². The fraction of sp³-hybridized carbons (Fsp3) is 0.462. The van der Waals surface area contributed by atoms with Gasteiger partial charge in [-0.05, 0) is 26.4 Å². The molecule has 1 N–H and O–H groups in total. The second kappa shape index (κ2) is 5.34. The Morgan fingerprint density at radius 1 is 1.60 bits per heavy atom. The van der Waals surface area contributed by atoms with Crippen molar-refractivity contribution in [3.05, 3.63) is 33.7 Å². The number of carbonyl (C=O) groups is 1. The summed E-state index contributed by atoms with van der Waals surface area (Å²) in [6, 6.07) is 0.361. The number of carbonyl (C=O) groups excluding carboxylic acids is 1. The van der Waals surface area contributed by atoms with E-state index in [0.29, 0.717) is 17.5 Å². The van der Waals surface area contributed by atoms with Crippen LogP contribution in [0, 0.1) is 0 Å². The van der Waals surface area contributed by atoms with Gasteiger partial charge in [0, 0.05) is 30.4 Å². The molecule has 2 aromatic rings. The summed E-state index contributed by atoms with van der Waals surface area (Å²) in [4.78, 5) is 31.2. The first-order valence-electron chi connectivity index (χ1n) is 6.60. The molecule has 1 amide bonds. The molecule has 1 aliphatic rings. The molecule has 0 radical (unpaired) electrons. The lowest BCUT2D eigenvalue weighted by molar-refractivity contribution is 0.0941. The summed E-state index contributed by atoms with van der Waals surface area (Å²) in [5, 5.41) is 4.62. The van der Waals surface area contributed by atoms with Crippen molar-refractivity contribution in [1.29, 1.82) is 0 Å². The molecule has 6 nitrogen and oxygen atoms in total. The summed E-state index contributed by atoms with van der Waals surface area (Å²) in [7, 11) is 2.05. The summed E-state index contributed by atoms with van der Waals surface area (Å²) in [5.41, 5.74) is -0.213. The quantitative estimate of drug-likeness (QED) is 0.898. The monoisotopic (exact) mass is 292 g/mol. The third-order valence-corrected chi connectivity index (χ3v) is 4.53. The second-order valence-corrected chi connectivity index (χ2v) is 5.89. The van der Waals surface area contributed by atoms with Gasteiger partial charge < -0.3 is 10.2 Å². The zero-order valence-electron chi connectivity index (χ0n) is 11.2. The van der Waals surface area contributed by atoms with Gasteiger partial charge in [0.25, 0.3) is 11.5 Å². The van der Waals surface area contributed by atoms with Crippen molar-refractivity contribution in [1.82, 2.24) is 19.6 Å². The minimum absolute atomic E-state index is 0.0987. The second-order valence-electron chi connectivity index (χ2n) is 5.02. The van der Waals surface area contributed by atoms with Gasteiger partial charge in [0.05, 0.1) is 0 Å². The molecule has 0 aliphatic carbocycles. The fourth-order valence-electron chi connectivity index (χ4n) is 2.52. The van der Waals surface area contributed by atoms with E-state index in [1.165, 1.54) is 21.9 Å². The molecule has 20 heavy (non-hydrogen) atoms. The van der Waals surface area contributed by atoms with Gasteiger partial charge in [0.15, 0.2) is 4.96 Å². The number of thiazole rings is 1. The van der Waals surface area contributed by atoms with Gasteiger partial charge in [-0.1, -0.05) is 0 Å². The van der Waals surface area contributed by atoms with E-state index in [0.717, 1.165) is 19.4 Å². The number of likely N-dealkylation sites (N-methyl/N-ethyl adjacent to an activating group) is 1. The van der Waals surface area contributed by atoms with E-state index in [1.807, 2.05) is 0 Å². The normalized spacial score (nSPS) is 19.6.